The van der Waals surface area contributed by atoms with Crippen LogP contribution in [-0.4, -0.2) is 23.5 Å². The Kier molecular flexibility index (Phi) is 7.90. The predicted octanol–water partition coefficient (Wildman–Crippen LogP) is 4.61. The van der Waals surface area contributed by atoms with E-state index in [2.05, 4.69) is 17.2 Å². The lowest BCUT2D eigenvalue weighted by atomic mass is 10.0. The molecule has 3 rings (SSSR count). The van der Waals surface area contributed by atoms with Gasteiger partial charge >= 0.3 is 0 Å². The molecule has 2 amide bonds. The van der Waals surface area contributed by atoms with E-state index in [1.165, 1.54) is 6.08 Å². The van der Waals surface area contributed by atoms with Crippen molar-refractivity contribution in [3.8, 4) is 11.5 Å². The molecule has 6 nitrogen and oxygen atoms in total. The number of nitrogens with one attached hydrogen (secondary N) is 2. The van der Waals surface area contributed by atoms with Crippen LogP contribution in [0.2, 0.25) is 10.0 Å². The average Bonchev–Trinajstić information content (AvgIpc) is 2.72. The molecule has 2 N–H and O–H groups in total. The van der Waals surface area contributed by atoms with Crippen LogP contribution in [0, 0.1) is 0 Å². The van der Waals surface area contributed by atoms with Gasteiger partial charge in [-0.3, -0.25) is 20.2 Å². The molecule has 0 spiro atoms. The first kappa shape index (κ1) is 23.8. The quantitative estimate of drug-likeness (QED) is 0.244. The summed E-state index contributed by atoms with van der Waals surface area (Å²) in [4.78, 5) is 24.4. The molecule has 0 bridgehead atoms. The monoisotopic (exact) mass is 490 g/mol. The molecule has 0 atom stereocenters. The van der Waals surface area contributed by atoms with Crippen molar-refractivity contribution >= 4 is 58.4 Å². The molecule has 32 heavy (non-hydrogen) atoms. The number of hydrogen-bond acceptors (Lipinski definition) is 5. The maximum atomic E-state index is 12.2. The smallest absolute Gasteiger partial charge is 0.263 e. The highest BCUT2D eigenvalue weighted by Crippen LogP contribution is 2.36. The molecule has 1 saturated heterocycles. The molecule has 1 aliphatic heterocycles. The highest BCUT2D eigenvalue weighted by atomic mass is 35.5. The number of rotatable bonds is 8. The summed E-state index contributed by atoms with van der Waals surface area (Å²) >= 11 is 17.1. The number of halogens is 2. The Balaban J connectivity index is 1.99. The Morgan fingerprint density at radius 1 is 1.06 bits per heavy atom. The van der Waals surface area contributed by atoms with Crippen molar-refractivity contribution in [2.75, 3.05) is 6.61 Å². The zero-order valence-electron chi connectivity index (χ0n) is 17.2. The van der Waals surface area contributed by atoms with E-state index < -0.39 is 11.8 Å². The van der Waals surface area contributed by atoms with E-state index in [0.717, 1.165) is 11.1 Å². The van der Waals surface area contributed by atoms with Crippen LogP contribution in [0.4, 0.5) is 0 Å². The summed E-state index contributed by atoms with van der Waals surface area (Å²) in [7, 11) is 0. The summed E-state index contributed by atoms with van der Waals surface area (Å²) < 4.78 is 11.9. The maximum Gasteiger partial charge on any atom is 0.263 e. The van der Waals surface area contributed by atoms with Crippen LogP contribution in [0.15, 0.2) is 48.6 Å². The minimum atomic E-state index is -0.570. The number of ether oxygens (including phenoxy) is 2. The summed E-state index contributed by atoms with van der Waals surface area (Å²) in [5.41, 5.74) is 2.07. The predicted molar refractivity (Wildman–Crippen MR) is 129 cm³/mol. The number of hydrogen-bond donors (Lipinski definition) is 2. The van der Waals surface area contributed by atoms with Gasteiger partial charge < -0.3 is 9.47 Å². The topological polar surface area (TPSA) is 76.7 Å². The van der Waals surface area contributed by atoms with E-state index in [-0.39, 0.29) is 17.3 Å². The summed E-state index contributed by atoms with van der Waals surface area (Å²) in [6, 6.07) is 8.69. The van der Waals surface area contributed by atoms with E-state index in [4.69, 9.17) is 44.9 Å². The molecule has 0 saturated carbocycles. The first-order chi connectivity index (χ1) is 15.3. The maximum absolute atomic E-state index is 12.2. The number of amides is 2. The van der Waals surface area contributed by atoms with Crippen molar-refractivity contribution in [2.45, 2.75) is 20.0 Å². The molecule has 0 radical (unpaired) electrons. The number of benzene rings is 2. The van der Waals surface area contributed by atoms with E-state index in [1.54, 1.807) is 30.3 Å². The lowest BCUT2D eigenvalue weighted by Crippen LogP contribution is -2.51. The van der Waals surface area contributed by atoms with E-state index in [9.17, 15) is 9.59 Å². The Morgan fingerprint density at radius 3 is 2.41 bits per heavy atom. The number of thiocarbonyl (C=S) groups is 1. The minimum Gasteiger partial charge on any atom is -0.490 e. The fourth-order valence-electron chi connectivity index (χ4n) is 3.06. The van der Waals surface area contributed by atoms with Crippen molar-refractivity contribution in [2.24, 2.45) is 0 Å². The summed E-state index contributed by atoms with van der Waals surface area (Å²) in [5, 5.41) is 5.84. The van der Waals surface area contributed by atoms with Crippen molar-refractivity contribution in [1.82, 2.24) is 10.6 Å². The normalized spacial score (nSPS) is 13.3. The molecule has 1 heterocycles. The van der Waals surface area contributed by atoms with E-state index in [0.29, 0.717) is 40.1 Å². The van der Waals surface area contributed by atoms with Crippen molar-refractivity contribution < 1.29 is 19.1 Å². The largest absolute Gasteiger partial charge is 0.490 e. The molecule has 2 aromatic carbocycles. The van der Waals surface area contributed by atoms with Crippen LogP contribution in [0.5, 0.6) is 11.5 Å². The molecular formula is C23H20Cl2N2O4S. The van der Waals surface area contributed by atoms with Crippen molar-refractivity contribution in [1.29, 1.82) is 0 Å². The van der Waals surface area contributed by atoms with Crippen LogP contribution >= 0.6 is 35.4 Å². The number of carbonyl (C=O) groups is 2. The van der Waals surface area contributed by atoms with Gasteiger partial charge in [-0.25, -0.2) is 0 Å². The fourth-order valence-corrected chi connectivity index (χ4v) is 3.71. The summed E-state index contributed by atoms with van der Waals surface area (Å²) in [6.07, 6.45) is 3.67. The second-order valence-electron chi connectivity index (χ2n) is 6.75. The van der Waals surface area contributed by atoms with Gasteiger partial charge in [0.2, 0.25) is 0 Å². The minimum absolute atomic E-state index is 0.0240. The van der Waals surface area contributed by atoms with Crippen LogP contribution in [0.3, 0.4) is 0 Å². The highest BCUT2D eigenvalue weighted by Gasteiger charge is 2.26. The van der Waals surface area contributed by atoms with E-state index in [1.807, 2.05) is 13.0 Å². The fraction of sp³-hybridized carbons (Fsp3) is 0.174. The van der Waals surface area contributed by atoms with Gasteiger partial charge in [-0.1, -0.05) is 35.3 Å². The van der Waals surface area contributed by atoms with Crippen LogP contribution < -0.4 is 20.1 Å². The molecule has 0 aliphatic carbocycles. The second-order valence-corrected chi connectivity index (χ2v) is 8.00. The Labute approximate surface area is 201 Å². The average molecular weight is 491 g/mol. The number of carbonyl (C=O) groups excluding carboxylic acids is 2. The van der Waals surface area contributed by atoms with Crippen LogP contribution in [-0.2, 0) is 22.6 Å². The number of allylic oxidation sites excluding steroid dienone is 1. The van der Waals surface area contributed by atoms with Gasteiger partial charge in [0.05, 0.1) is 6.61 Å². The van der Waals surface area contributed by atoms with Gasteiger partial charge in [0, 0.05) is 21.2 Å². The lowest BCUT2D eigenvalue weighted by Gasteiger charge is -2.19. The van der Waals surface area contributed by atoms with Gasteiger partial charge in [0.15, 0.2) is 16.6 Å². The van der Waals surface area contributed by atoms with Crippen molar-refractivity contribution in [3.63, 3.8) is 0 Å². The van der Waals surface area contributed by atoms with Gasteiger partial charge in [0.25, 0.3) is 11.8 Å². The third-order valence-electron chi connectivity index (χ3n) is 4.46. The molecule has 1 aliphatic rings. The first-order valence-electron chi connectivity index (χ1n) is 9.68. The molecular weight excluding hydrogens is 471 g/mol. The second kappa shape index (κ2) is 10.6. The van der Waals surface area contributed by atoms with Crippen LogP contribution in [0.1, 0.15) is 23.6 Å². The molecule has 0 unspecified atom stereocenters. The SMILES string of the molecule is C=CCc1cc(C=C2C(=O)NC(=S)NC2=O)cc(OCC)c1OCc1ccc(Cl)cc1Cl. The van der Waals surface area contributed by atoms with Gasteiger partial charge in [-0.2, -0.15) is 0 Å². The standard InChI is InChI=1S/C23H20Cl2N2O4S/c1-3-5-14-8-13(9-17-21(28)26-23(32)27-22(17)29)10-19(30-4-2)20(14)31-12-15-6-7-16(24)11-18(15)25/h3,6-11H,1,4-5,12H2,2H3,(H2,26,27,28,29,32). The van der Waals surface area contributed by atoms with Gasteiger partial charge in [-0.05, 0) is 61.5 Å². The third-order valence-corrected chi connectivity index (χ3v) is 5.25. The summed E-state index contributed by atoms with van der Waals surface area (Å²) in [6.45, 7) is 6.24. The zero-order valence-corrected chi connectivity index (χ0v) is 19.5. The Hall–Kier alpha value is -2.87. The third kappa shape index (κ3) is 5.68. The van der Waals surface area contributed by atoms with Gasteiger partial charge in [0.1, 0.15) is 12.2 Å². The molecule has 1 fully saturated rings. The van der Waals surface area contributed by atoms with Crippen LogP contribution in [0.25, 0.3) is 6.08 Å². The molecule has 2 aromatic rings. The zero-order chi connectivity index (χ0) is 23.3. The van der Waals surface area contributed by atoms with E-state index >= 15 is 0 Å². The van der Waals surface area contributed by atoms with Crippen molar-refractivity contribution in [3.05, 3.63) is 75.3 Å². The highest BCUT2D eigenvalue weighted by molar-refractivity contribution is 7.80. The Morgan fingerprint density at radius 2 is 1.78 bits per heavy atom. The molecule has 9 heteroatoms. The first-order valence-corrected chi connectivity index (χ1v) is 10.8. The Bertz CT molecular complexity index is 1110. The lowest BCUT2D eigenvalue weighted by molar-refractivity contribution is -0.123. The molecule has 166 valence electrons. The molecule has 0 aromatic heterocycles. The van der Waals surface area contributed by atoms with Gasteiger partial charge in [-0.15, -0.1) is 6.58 Å². The summed E-state index contributed by atoms with van der Waals surface area (Å²) in [5.74, 6) is -0.144.